The summed E-state index contributed by atoms with van der Waals surface area (Å²) in [5.41, 5.74) is 2.52. The van der Waals surface area contributed by atoms with E-state index in [9.17, 15) is 9.59 Å². The van der Waals surface area contributed by atoms with Gasteiger partial charge >= 0.3 is 0 Å². The first-order valence-corrected chi connectivity index (χ1v) is 6.01. The second-order valence-electron chi connectivity index (χ2n) is 4.29. The first-order valence-electron chi connectivity index (χ1n) is 6.01. The highest BCUT2D eigenvalue weighted by molar-refractivity contribution is 6.04. The third kappa shape index (κ3) is 3.38. The van der Waals surface area contributed by atoms with Crippen molar-refractivity contribution in [2.24, 2.45) is 0 Å². The number of nitrogens with zero attached hydrogens (tertiary/aromatic N) is 2. The molecule has 2 N–H and O–H groups in total. The molecule has 0 fully saturated rings. The highest BCUT2D eigenvalue weighted by Crippen LogP contribution is 2.20. The standard InChI is InChI=1S/C14H14N4O2/c1-9-3-4-12(17-10(2)19)5-13(9)18-14(20)11-6-15-8-16-7-11/h3-8H,1-2H3,(H,17,19)(H,18,20). The average molecular weight is 270 g/mol. The van der Waals surface area contributed by atoms with Crippen LogP contribution in [0.25, 0.3) is 0 Å². The van der Waals surface area contributed by atoms with E-state index in [1.54, 1.807) is 12.1 Å². The minimum Gasteiger partial charge on any atom is -0.326 e. The summed E-state index contributed by atoms with van der Waals surface area (Å²) in [5, 5.41) is 5.44. The minimum absolute atomic E-state index is 0.164. The maximum absolute atomic E-state index is 12.0. The van der Waals surface area contributed by atoms with Crippen molar-refractivity contribution in [2.75, 3.05) is 10.6 Å². The predicted molar refractivity (Wildman–Crippen MR) is 75.5 cm³/mol. The van der Waals surface area contributed by atoms with Crippen LogP contribution in [0.2, 0.25) is 0 Å². The average Bonchev–Trinajstić information content (AvgIpc) is 2.43. The van der Waals surface area contributed by atoms with Gasteiger partial charge in [-0.15, -0.1) is 0 Å². The van der Waals surface area contributed by atoms with Gasteiger partial charge in [0.1, 0.15) is 6.33 Å². The molecule has 2 amide bonds. The van der Waals surface area contributed by atoms with Crippen LogP contribution >= 0.6 is 0 Å². The van der Waals surface area contributed by atoms with E-state index >= 15 is 0 Å². The van der Waals surface area contributed by atoms with Crippen LogP contribution in [0.4, 0.5) is 11.4 Å². The van der Waals surface area contributed by atoms with Gasteiger partial charge in [-0.25, -0.2) is 9.97 Å². The van der Waals surface area contributed by atoms with Crippen molar-refractivity contribution < 1.29 is 9.59 Å². The van der Waals surface area contributed by atoms with Crippen LogP contribution in [0, 0.1) is 6.92 Å². The molecular formula is C14H14N4O2. The number of amides is 2. The number of hydrogen-bond acceptors (Lipinski definition) is 4. The molecule has 6 heteroatoms. The Kier molecular flexibility index (Phi) is 4.05. The van der Waals surface area contributed by atoms with Crippen LogP contribution in [-0.4, -0.2) is 21.8 Å². The second kappa shape index (κ2) is 5.92. The molecule has 1 heterocycles. The fraction of sp³-hybridized carbons (Fsp3) is 0.143. The van der Waals surface area contributed by atoms with Crippen LogP contribution in [0.3, 0.4) is 0 Å². The van der Waals surface area contributed by atoms with Crippen LogP contribution in [0.1, 0.15) is 22.8 Å². The van der Waals surface area contributed by atoms with Gasteiger partial charge in [-0.3, -0.25) is 9.59 Å². The molecule has 0 aliphatic carbocycles. The van der Waals surface area contributed by atoms with Gasteiger partial charge in [0.2, 0.25) is 5.91 Å². The molecule has 2 rings (SSSR count). The van der Waals surface area contributed by atoms with E-state index in [1.807, 2.05) is 13.0 Å². The van der Waals surface area contributed by atoms with Crippen molar-refractivity contribution in [1.82, 2.24) is 9.97 Å². The Labute approximate surface area is 116 Å². The zero-order chi connectivity index (χ0) is 14.5. The van der Waals surface area contributed by atoms with Gasteiger partial charge in [0, 0.05) is 30.7 Å². The fourth-order valence-electron chi connectivity index (χ4n) is 1.65. The van der Waals surface area contributed by atoms with Gasteiger partial charge in [-0.1, -0.05) is 6.07 Å². The Bertz CT molecular complexity index is 641. The van der Waals surface area contributed by atoms with Crippen LogP contribution < -0.4 is 10.6 Å². The maximum atomic E-state index is 12.0. The molecule has 0 bridgehead atoms. The molecule has 0 spiro atoms. The number of nitrogens with one attached hydrogen (secondary N) is 2. The third-order valence-electron chi connectivity index (χ3n) is 2.63. The molecular weight excluding hydrogens is 256 g/mol. The lowest BCUT2D eigenvalue weighted by Gasteiger charge is -2.10. The second-order valence-corrected chi connectivity index (χ2v) is 4.29. The molecule has 0 atom stereocenters. The van der Waals surface area contributed by atoms with E-state index < -0.39 is 0 Å². The van der Waals surface area contributed by atoms with E-state index in [4.69, 9.17) is 0 Å². The predicted octanol–water partition coefficient (Wildman–Crippen LogP) is 2.00. The normalized spacial score (nSPS) is 9.90. The summed E-state index contributed by atoms with van der Waals surface area (Å²) in [7, 11) is 0. The van der Waals surface area contributed by atoms with Crippen molar-refractivity contribution in [2.45, 2.75) is 13.8 Å². The Morgan fingerprint density at radius 3 is 2.45 bits per heavy atom. The van der Waals surface area contributed by atoms with Crippen molar-refractivity contribution in [3.05, 3.63) is 48.0 Å². The summed E-state index contributed by atoms with van der Waals surface area (Å²) in [4.78, 5) is 30.7. The largest absolute Gasteiger partial charge is 0.326 e. The molecule has 0 aliphatic heterocycles. The molecule has 20 heavy (non-hydrogen) atoms. The zero-order valence-corrected chi connectivity index (χ0v) is 11.2. The number of hydrogen-bond donors (Lipinski definition) is 2. The SMILES string of the molecule is CC(=O)Nc1ccc(C)c(NC(=O)c2cncnc2)c1. The number of carbonyl (C=O) groups excluding carboxylic acids is 2. The lowest BCUT2D eigenvalue weighted by molar-refractivity contribution is -0.114. The maximum Gasteiger partial charge on any atom is 0.258 e. The highest BCUT2D eigenvalue weighted by Gasteiger charge is 2.09. The van der Waals surface area contributed by atoms with Gasteiger partial charge in [-0.2, -0.15) is 0 Å². The topological polar surface area (TPSA) is 84.0 Å². The Hall–Kier alpha value is -2.76. The minimum atomic E-state index is -0.298. The summed E-state index contributed by atoms with van der Waals surface area (Å²) in [5.74, 6) is -0.462. The number of rotatable bonds is 3. The third-order valence-corrected chi connectivity index (χ3v) is 2.63. The Balaban J connectivity index is 2.20. The smallest absolute Gasteiger partial charge is 0.258 e. The highest BCUT2D eigenvalue weighted by atomic mass is 16.2. The zero-order valence-electron chi connectivity index (χ0n) is 11.2. The van der Waals surface area contributed by atoms with Crippen molar-refractivity contribution in [3.8, 4) is 0 Å². The van der Waals surface area contributed by atoms with Gasteiger partial charge in [0.25, 0.3) is 5.91 Å². The number of aryl methyl sites for hydroxylation is 1. The number of aromatic nitrogens is 2. The van der Waals surface area contributed by atoms with E-state index in [0.717, 1.165) is 5.56 Å². The van der Waals surface area contributed by atoms with Gasteiger partial charge in [0.15, 0.2) is 0 Å². The lowest BCUT2D eigenvalue weighted by Crippen LogP contribution is -2.14. The summed E-state index contributed by atoms with van der Waals surface area (Å²) in [6.45, 7) is 3.30. The van der Waals surface area contributed by atoms with Gasteiger partial charge < -0.3 is 10.6 Å². The molecule has 2 aromatic rings. The van der Waals surface area contributed by atoms with E-state index in [-0.39, 0.29) is 11.8 Å². The first kappa shape index (κ1) is 13.7. The van der Waals surface area contributed by atoms with Gasteiger partial charge in [0.05, 0.1) is 5.56 Å². The van der Waals surface area contributed by atoms with Crippen molar-refractivity contribution >= 4 is 23.2 Å². The fourth-order valence-corrected chi connectivity index (χ4v) is 1.65. The molecule has 0 unspecified atom stereocenters. The molecule has 6 nitrogen and oxygen atoms in total. The number of anilines is 2. The first-order chi connectivity index (χ1) is 9.56. The Morgan fingerprint density at radius 1 is 1.10 bits per heavy atom. The van der Waals surface area contributed by atoms with Crippen molar-refractivity contribution in [3.63, 3.8) is 0 Å². The Morgan fingerprint density at radius 2 is 1.80 bits per heavy atom. The molecule has 0 aliphatic rings. The van der Waals surface area contributed by atoms with E-state index in [2.05, 4.69) is 20.6 Å². The molecule has 1 aromatic carbocycles. The lowest BCUT2D eigenvalue weighted by atomic mass is 10.1. The van der Waals surface area contributed by atoms with Crippen molar-refractivity contribution in [1.29, 1.82) is 0 Å². The number of carbonyl (C=O) groups is 2. The molecule has 102 valence electrons. The summed E-state index contributed by atoms with van der Waals surface area (Å²) < 4.78 is 0. The molecule has 1 aromatic heterocycles. The summed E-state index contributed by atoms with van der Waals surface area (Å²) in [6, 6.07) is 5.30. The molecule has 0 saturated carbocycles. The van der Waals surface area contributed by atoms with Crippen LogP contribution in [0.15, 0.2) is 36.9 Å². The van der Waals surface area contributed by atoms with Crippen LogP contribution in [0.5, 0.6) is 0 Å². The quantitative estimate of drug-likeness (QED) is 0.893. The summed E-state index contributed by atoms with van der Waals surface area (Å²) >= 11 is 0. The van der Waals surface area contributed by atoms with E-state index in [1.165, 1.54) is 25.6 Å². The molecule has 0 saturated heterocycles. The van der Waals surface area contributed by atoms with Gasteiger partial charge in [-0.05, 0) is 24.6 Å². The van der Waals surface area contributed by atoms with E-state index in [0.29, 0.717) is 16.9 Å². The van der Waals surface area contributed by atoms with Crippen LogP contribution in [-0.2, 0) is 4.79 Å². The summed E-state index contributed by atoms with van der Waals surface area (Å²) in [6.07, 6.45) is 4.24. The number of benzene rings is 1. The molecule has 0 radical (unpaired) electrons. The monoisotopic (exact) mass is 270 g/mol.